The molecule has 1 atom stereocenters. The Bertz CT molecular complexity index is 288. The smallest absolute Gasteiger partial charge is 0.232 e. The summed E-state index contributed by atoms with van der Waals surface area (Å²) in [5.74, 6) is 0. The van der Waals surface area contributed by atoms with Crippen molar-refractivity contribution in [3.8, 4) is 0 Å². The minimum absolute atomic E-state index is 0.00762. The SMILES string of the molecule is CC.CC(C)(C)C(=S)OCC(O)OC(=S)C(C)(C)C. The van der Waals surface area contributed by atoms with E-state index in [0.717, 1.165) is 0 Å². The molecule has 0 spiro atoms. The van der Waals surface area contributed by atoms with Crippen LogP contribution in [0.5, 0.6) is 0 Å². The van der Waals surface area contributed by atoms with Crippen molar-refractivity contribution in [2.75, 3.05) is 6.61 Å². The van der Waals surface area contributed by atoms with Gasteiger partial charge in [0, 0.05) is 10.8 Å². The first-order chi connectivity index (χ1) is 8.44. The minimum Gasteiger partial charge on any atom is -0.480 e. The highest BCUT2D eigenvalue weighted by atomic mass is 32.1. The number of thiocarbonyl (C=S) groups is 2. The summed E-state index contributed by atoms with van der Waals surface area (Å²) in [7, 11) is 0. The Kier molecular flexibility index (Phi) is 9.77. The number of aliphatic hydroxyl groups is 1. The molecule has 0 radical (unpaired) electrons. The van der Waals surface area contributed by atoms with Crippen molar-refractivity contribution in [2.24, 2.45) is 10.8 Å². The molecule has 0 heterocycles. The van der Waals surface area contributed by atoms with Crippen LogP contribution in [0.3, 0.4) is 0 Å². The molecule has 0 aliphatic rings. The van der Waals surface area contributed by atoms with Crippen molar-refractivity contribution in [1.82, 2.24) is 0 Å². The molecular weight excluding hydrogens is 280 g/mol. The Hall–Kier alpha value is -0.260. The summed E-state index contributed by atoms with van der Waals surface area (Å²) >= 11 is 10.1. The second-order valence-corrected chi connectivity index (χ2v) is 6.70. The summed E-state index contributed by atoms with van der Waals surface area (Å²) in [5, 5.41) is 10.4. The standard InChI is InChI=1S/C12H22O3S2.C2H6/c1-11(2,3)9(16)14-7-8(13)15-10(17)12(4,5)6;1-2/h8,13H,7H2,1-6H3;1-2H3. The summed E-state index contributed by atoms with van der Waals surface area (Å²) in [6, 6.07) is 0. The molecule has 114 valence electrons. The lowest BCUT2D eigenvalue weighted by atomic mass is 9.98. The van der Waals surface area contributed by atoms with Crippen molar-refractivity contribution < 1.29 is 14.6 Å². The average Bonchev–Trinajstić information content (AvgIpc) is 2.26. The first-order valence-corrected chi connectivity index (χ1v) is 7.32. The molecule has 0 aliphatic carbocycles. The predicted octanol–water partition coefficient (Wildman–Crippen LogP) is 4.11. The second kappa shape index (κ2) is 8.82. The molecule has 1 unspecified atom stereocenters. The molecule has 0 aromatic rings. The van der Waals surface area contributed by atoms with Crippen molar-refractivity contribution in [2.45, 2.75) is 61.7 Å². The van der Waals surface area contributed by atoms with E-state index < -0.39 is 6.29 Å². The maximum Gasteiger partial charge on any atom is 0.232 e. The fourth-order valence-electron chi connectivity index (χ4n) is 0.698. The van der Waals surface area contributed by atoms with E-state index in [2.05, 4.69) is 0 Å². The zero-order valence-corrected chi connectivity index (χ0v) is 15.0. The monoisotopic (exact) mass is 308 g/mol. The van der Waals surface area contributed by atoms with Gasteiger partial charge >= 0.3 is 0 Å². The number of aliphatic hydroxyl groups excluding tert-OH is 1. The van der Waals surface area contributed by atoms with E-state index in [1.54, 1.807) is 0 Å². The molecule has 0 aromatic heterocycles. The van der Waals surface area contributed by atoms with Gasteiger partial charge in [0.1, 0.15) is 0 Å². The molecule has 0 fully saturated rings. The topological polar surface area (TPSA) is 38.7 Å². The Morgan fingerprint density at radius 3 is 1.63 bits per heavy atom. The van der Waals surface area contributed by atoms with Crippen LogP contribution in [0.25, 0.3) is 0 Å². The third kappa shape index (κ3) is 10.2. The molecule has 0 bridgehead atoms. The lowest BCUT2D eigenvalue weighted by molar-refractivity contribution is -0.0645. The molecule has 0 amide bonds. The van der Waals surface area contributed by atoms with Crippen LogP contribution in [0, 0.1) is 10.8 Å². The Morgan fingerprint density at radius 2 is 1.32 bits per heavy atom. The van der Waals surface area contributed by atoms with Crippen molar-refractivity contribution in [3.63, 3.8) is 0 Å². The molecule has 0 saturated heterocycles. The van der Waals surface area contributed by atoms with Gasteiger partial charge in [-0.2, -0.15) is 0 Å². The summed E-state index contributed by atoms with van der Waals surface area (Å²) in [4.78, 5) is 0. The Morgan fingerprint density at radius 1 is 0.947 bits per heavy atom. The Labute approximate surface area is 128 Å². The van der Waals surface area contributed by atoms with E-state index in [-0.39, 0.29) is 17.4 Å². The van der Waals surface area contributed by atoms with Gasteiger partial charge in [-0.15, -0.1) is 0 Å². The maximum absolute atomic E-state index is 9.60. The van der Waals surface area contributed by atoms with Gasteiger partial charge in [-0.25, -0.2) is 0 Å². The predicted molar refractivity (Wildman–Crippen MR) is 88.5 cm³/mol. The van der Waals surface area contributed by atoms with E-state index in [9.17, 15) is 5.11 Å². The highest BCUT2D eigenvalue weighted by molar-refractivity contribution is 7.80. The van der Waals surface area contributed by atoms with Crippen molar-refractivity contribution in [3.05, 3.63) is 0 Å². The average molecular weight is 309 g/mol. The van der Waals surface area contributed by atoms with E-state index in [1.165, 1.54) is 0 Å². The number of rotatable bonds is 3. The third-order valence-electron chi connectivity index (χ3n) is 1.82. The van der Waals surface area contributed by atoms with Gasteiger partial charge in [0.2, 0.25) is 6.29 Å². The third-order valence-corrected chi connectivity index (χ3v) is 3.26. The van der Waals surface area contributed by atoms with Crippen LogP contribution in [0.2, 0.25) is 0 Å². The van der Waals surface area contributed by atoms with Crippen LogP contribution >= 0.6 is 24.4 Å². The number of hydrogen-bond acceptors (Lipinski definition) is 5. The molecule has 3 nitrogen and oxygen atoms in total. The molecule has 0 aromatic carbocycles. The first-order valence-electron chi connectivity index (χ1n) is 6.51. The number of hydrogen-bond donors (Lipinski definition) is 1. The fourth-order valence-corrected chi connectivity index (χ4v) is 0.877. The summed E-state index contributed by atoms with van der Waals surface area (Å²) < 4.78 is 10.5. The molecule has 0 aliphatic heterocycles. The zero-order chi connectivity index (χ0) is 15.9. The quantitative estimate of drug-likeness (QED) is 0.627. The fraction of sp³-hybridized carbons (Fsp3) is 0.857. The molecular formula is C14H28O3S2. The summed E-state index contributed by atoms with van der Waals surface area (Å²) in [5.41, 5.74) is -0.500. The lowest BCUT2D eigenvalue weighted by Gasteiger charge is -2.25. The number of ether oxygens (including phenoxy) is 2. The largest absolute Gasteiger partial charge is 0.480 e. The van der Waals surface area contributed by atoms with Gasteiger partial charge < -0.3 is 14.6 Å². The lowest BCUT2D eigenvalue weighted by Crippen LogP contribution is -2.31. The van der Waals surface area contributed by atoms with Gasteiger partial charge in [-0.1, -0.05) is 55.4 Å². The van der Waals surface area contributed by atoms with Gasteiger partial charge in [0.25, 0.3) is 0 Å². The van der Waals surface area contributed by atoms with E-state index in [0.29, 0.717) is 10.1 Å². The Balaban J connectivity index is 0. The van der Waals surface area contributed by atoms with E-state index in [1.807, 2.05) is 55.4 Å². The van der Waals surface area contributed by atoms with Gasteiger partial charge in [0.15, 0.2) is 16.7 Å². The summed E-state index contributed by atoms with van der Waals surface area (Å²) in [6.45, 7) is 15.6. The second-order valence-electron chi connectivity index (χ2n) is 5.96. The first kappa shape index (κ1) is 21.0. The molecule has 19 heavy (non-hydrogen) atoms. The van der Waals surface area contributed by atoms with Crippen LogP contribution in [-0.4, -0.2) is 28.1 Å². The van der Waals surface area contributed by atoms with Crippen LogP contribution in [-0.2, 0) is 9.47 Å². The highest BCUT2D eigenvalue weighted by Crippen LogP contribution is 2.19. The molecule has 0 rings (SSSR count). The van der Waals surface area contributed by atoms with Crippen LogP contribution in [0.4, 0.5) is 0 Å². The van der Waals surface area contributed by atoms with Gasteiger partial charge in [0.05, 0.1) is 0 Å². The molecule has 0 saturated carbocycles. The van der Waals surface area contributed by atoms with Gasteiger partial charge in [-0.3, -0.25) is 0 Å². The van der Waals surface area contributed by atoms with E-state index >= 15 is 0 Å². The van der Waals surface area contributed by atoms with Crippen molar-refractivity contribution >= 4 is 34.5 Å². The highest BCUT2D eigenvalue weighted by Gasteiger charge is 2.23. The zero-order valence-electron chi connectivity index (χ0n) is 13.4. The maximum atomic E-state index is 9.60. The van der Waals surface area contributed by atoms with Gasteiger partial charge in [-0.05, 0) is 24.4 Å². The van der Waals surface area contributed by atoms with Crippen LogP contribution in [0.1, 0.15) is 55.4 Å². The normalized spacial score (nSPS) is 12.9. The van der Waals surface area contributed by atoms with Crippen LogP contribution < -0.4 is 0 Å². The molecule has 5 heteroatoms. The van der Waals surface area contributed by atoms with Crippen LogP contribution in [0.15, 0.2) is 0 Å². The van der Waals surface area contributed by atoms with Crippen molar-refractivity contribution in [1.29, 1.82) is 0 Å². The minimum atomic E-state index is -1.08. The summed E-state index contributed by atoms with van der Waals surface area (Å²) in [6.07, 6.45) is -1.08. The van der Waals surface area contributed by atoms with E-state index in [4.69, 9.17) is 33.9 Å². The molecule has 1 N–H and O–H groups in total.